The number of hydrogen-bond acceptors (Lipinski definition) is 0. The quantitative estimate of drug-likeness (QED) is 0.458. The molecule has 0 amide bonds. The summed E-state index contributed by atoms with van der Waals surface area (Å²) >= 11 is 0. The third-order valence-electron chi connectivity index (χ3n) is 0. The zero-order valence-corrected chi connectivity index (χ0v) is 7.41. The van der Waals surface area contributed by atoms with Crippen molar-refractivity contribution < 1.29 is 55.4 Å². The van der Waals surface area contributed by atoms with E-state index in [1.165, 1.54) is 0 Å². The fourth-order valence-corrected chi connectivity index (χ4v) is 0. The first-order chi connectivity index (χ1) is 0. The molecule has 0 N–H and O–H groups in total. The van der Waals surface area contributed by atoms with Crippen LogP contribution in [0.3, 0.4) is 0 Å². The molecule has 0 spiro atoms. The molecule has 3 nitrogen and oxygen atoms in total. The van der Waals surface area contributed by atoms with E-state index in [0.29, 0.717) is 0 Å². The third-order valence-corrected chi connectivity index (χ3v) is 0. The molecule has 0 aromatic rings. The molecular weight excluding hydrogens is 274 g/mol. The molecule has 48 valence electrons. The molecule has 0 aliphatic rings. The Hall–Kier alpha value is 1.13. The van der Waals surface area contributed by atoms with Crippen LogP contribution in [-0.2, 0) is 55.4 Å². The molecule has 0 heterocycles. The molecule has 0 aromatic carbocycles. The van der Waals surface area contributed by atoms with Gasteiger partial charge in [0.1, 0.15) is 0 Å². The number of rotatable bonds is 0. The molecule has 0 saturated heterocycles. The molecule has 0 bridgehead atoms. The second-order valence-corrected chi connectivity index (χ2v) is 0. The number of hydrogen-bond donors (Lipinski definition) is 0. The van der Waals surface area contributed by atoms with Crippen molar-refractivity contribution in [2.45, 2.75) is 0 Å². The Morgan fingerprint density at radius 3 is 0.429 bits per heavy atom. The van der Waals surface area contributed by atoms with Crippen LogP contribution in [0.15, 0.2) is 0 Å². The minimum absolute atomic E-state index is 0. The van der Waals surface area contributed by atoms with Crippen LogP contribution in [0.2, 0.25) is 0 Å². The predicted octanol–water partition coefficient (Wildman–Crippen LogP) is 0.539. The average molecular weight is 280 g/mol. The summed E-state index contributed by atoms with van der Waals surface area (Å²) in [6.07, 6.45) is 0. The molecule has 0 saturated carbocycles. The summed E-state index contributed by atoms with van der Waals surface area (Å²) in [6, 6.07) is 0. The fourth-order valence-electron chi connectivity index (χ4n) is 0. The van der Waals surface area contributed by atoms with Crippen molar-refractivity contribution in [2.75, 3.05) is 0 Å². The van der Waals surface area contributed by atoms with Gasteiger partial charge in [0, 0.05) is 0 Å². The van der Waals surface area contributed by atoms with Crippen molar-refractivity contribution in [1.29, 1.82) is 0 Å². The molecule has 0 aromatic heterocycles. The minimum Gasteiger partial charge on any atom is -2.00 e. The van der Waals surface area contributed by atoms with E-state index in [0.717, 1.165) is 0 Å². The van der Waals surface area contributed by atoms with E-state index in [1.807, 2.05) is 0 Å². The predicted molar refractivity (Wildman–Crippen MR) is 14.9 cm³/mol. The molecule has 0 unspecified atom stereocenters. The van der Waals surface area contributed by atoms with Crippen LogP contribution in [0.1, 0.15) is 0 Å². The minimum atomic E-state index is 0. The van der Waals surface area contributed by atoms with Crippen molar-refractivity contribution in [3.63, 3.8) is 0 Å². The second-order valence-electron chi connectivity index (χ2n) is 0. The Morgan fingerprint density at radius 2 is 0.429 bits per heavy atom. The first-order valence-corrected chi connectivity index (χ1v) is 0. The Kier molecular flexibility index (Phi) is 9790. The monoisotopic (exact) mass is 282 g/mol. The van der Waals surface area contributed by atoms with Gasteiger partial charge >= 0.3 is 39.0 Å². The van der Waals surface area contributed by atoms with Gasteiger partial charge < -0.3 is 31.3 Å². The summed E-state index contributed by atoms with van der Waals surface area (Å²) in [5, 5.41) is 0. The first-order valence-electron chi connectivity index (χ1n) is 0. The van der Waals surface area contributed by atoms with Crippen LogP contribution < -0.4 is 0 Å². The van der Waals surface area contributed by atoms with Gasteiger partial charge in [-0.25, -0.2) is 0 Å². The van der Waals surface area contributed by atoms with Crippen LogP contribution in [-0.4, -0.2) is 0 Å². The maximum absolute atomic E-state index is 0. The van der Waals surface area contributed by atoms with Crippen LogP contribution in [0.25, 0.3) is 0 Å². The van der Waals surface area contributed by atoms with Crippen molar-refractivity contribution in [2.24, 2.45) is 0 Å². The van der Waals surface area contributed by atoms with Gasteiger partial charge in [-0.2, -0.15) is 0 Å². The molecule has 0 aliphatic carbocycles. The zero-order chi connectivity index (χ0) is 0. The van der Waals surface area contributed by atoms with Gasteiger partial charge in [-0.05, 0) is 0 Å². The molecule has 5 heteroatoms. The SMILES string of the molecule is [CH3-].[CH3-].[O-2].[O-2].[O-2].[Ru+4].[Ru+4]. The van der Waals surface area contributed by atoms with E-state index < -0.39 is 0 Å². The Labute approximate surface area is 70.3 Å². The van der Waals surface area contributed by atoms with Crippen LogP contribution in [0.4, 0.5) is 0 Å². The fraction of sp³-hybridized carbons (Fsp3) is 0. The van der Waals surface area contributed by atoms with Gasteiger partial charge in [0.15, 0.2) is 0 Å². The molecule has 0 radical (unpaired) electrons. The summed E-state index contributed by atoms with van der Waals surface area (Å²) in [5.41, 5.74) is 0. The Bertz CT molecular complexity index is 10.9. The standard InChI is InChI=1S/2CH3.3O.2Ru/h2*1H3;;;;;/q2*-1;3*-2;2*+4. The van der Waals surface area contributed by atoms with Gasteiger partial charge in [-0.3, -0.25) is 0 Å². The van der Waals surface area contributed by atoms with Crippen molar-refractivity contribution in [3.8, 4) is 0 Å². The maximum Gasteiger partial charge on any atom is 4.00 e. The Morgan fingerprint density at radius 1 is 0.429 bits per heavy atom. The molecular formula is C2H6O3Ru2. The van der Waals surface area contributed by atoms with Gasteiger partial charge in [-0.15, -0.1) is 0 Å². The van der Waals surface area contributed by atoms with Crippen molar-refractivity contribution in [3.05, 3.63) is 14.9 Å². The third kappa shape index (κ3) is 148. The summed E-state index contributed by atoms with van der Waals surface area (Å²) in [5.74, 6) is 0. The van der Waals surface area contributed by atoms with Crippen LogP contribution in [0.5, 0.6) is 0 Å². The molecule has 0 aliphatic heterocycles. The zero-order valence-electron chi connectivity index (χ0n) is 3.93. The largest absolute Gasteiger partial charge is 4.00 e. The van der Waals surface area contributed by atoms with E-state index in [9.17, 15) is 0 Å². The topological polar surface area (TPSA) is 85.5 Å². The summed E-state index contributed by atoms with van der Waals surface area (Å²) in [7, 11) is 0. The van der Waals surface area contributed by atoms with Gasteiger partial charge in [-0.1, -0.05) is 0 Å². The summed E-state index contributed by atoms with van der Waals surface area (Å²) < 4.78 is 0. The van der Waals surface area contributed by atoms with Gasteiger partial charge in [0.25, 0.3) is 0 Å². The first kappa shape index (κ1) is 325. The normalized spacial score (nSPS) is 0. The molecule has 0 rings (SSSR count). The summed E-state index contributed by atoms with van der Waals surface area (Å²) in [6.45, 7) is 0. The second kappa shape index (κ2) is 211. The maximum atomic E-state index is 0. The smallest absolute Gasteiger partial charge is 2.00 e. The van der Waals surface area contributed by atoms with E-state index in [4.69, 9.17) is 0 Å². The average Bonchev–Trinajstić information content (AvgIpc) is 0. The van der Waals surface area contributed by atoms with Gasteiger partial charge in [0.05, 0.1) is 0 Å². The van der Waals surface area contributed by atoms with Crippen LogP contribution >= 0.6 is 0 Å². The molecule has 0 atom stereocenters. The van der Waals surface area contributed by atoms with Crippen molar-refractivity contribution in [1.82, 2.24) is 0 Å². The van der Waals surface area contributed by atoms with Crippen molar-refractivity contribution >= 4 is 0 Å². The van der Waals surface area contributed by atoms with E-state index in [1.54, 1.807) is 0 Å². The van der Waals surface area contributed by atoms with E-state index in [2.05, 4.69) is 0 Å². The molecule has 0 fully saturated rings. The summed E-state index contributed by atoms with van der Waals surface area (Å²) in [4.78, 5) is 0. The van der Waals surface area contributed by atoms with Gasteiger partial charge in [0.2, 0.25) is 0 Å². The van der Waals surface area contributed by atoms with Crippen LogP contribution in [0, 0.1) is 14.9 Å². The molecule has 7 heavy (non-hydrogen) atoms. The Balaban J connectivity index is 0. The van der Waals surface area contributed by atoms with E-state index in [-0.39, 0.29) is 70.2 Å². The van der Waals surface area contributed by atoms with E-state index >= 15 is 0 Å².